The van der Waals surface area contributed by atoms with Crippen molar-refractivity contribution < 1.29 is 18.3 Å². The van der Waals surface area contributed by atoms with Gasteiger partial charge < -0.3 is 14.1 Å². The van der Waals surface area contributed by atoms with Gasteiger partial charge in [-0.3, -0.25) is 9.69 Å². The van der Waals surface area contributed by atoms with Crippen molar-refractivity contribution in [2.24, 2.45) is 0 Å². The Morgan fingerprint density at radius 2 is 1.74 bits per heavy atom. The summed E-state index contributed by atoms with van der Waals surface area (Å²) in [6.45, 7) is 3.56. The number of hydrogen-bond acceptors (Lipinski definition) is 4. The molecule has 31 heavy (non-hydrogen) atoms. The second-order valence-corrected chi connectivity index (χ2v) is 8.09. The molecule has 0 N–H and O–H groups in total. The lowest BCUT2D eigenvalue weighted by Crippen LogP contribution is -2.48. The van der Waals surface area contributed by atoms with E-state index in [4.69, 9.17) is 32.4 Å². The average Bonchev–Trinajstić information content (AvgIpc) is 3.25. The van der Waals surface area contributed by atoms with Crippen LogP contribution in [0.25, 0.3) is 0 Å². The zero-order valence-corrected chi connectivity index (χ0v) is 18.2. The van der Waals surface area contributed by atoms with Gasteiger partial charge in [0.15, 0.2) is 5.76 Å². The van der Waals surface area contributed by atoms with Gasteiger partial charge in [-0.1, -0.05) is 41.4 Å². The van der Waals surface area contributed by atoms with Crippen LogP contribution in [0, 0.1) is 5.82 Å². The average molecular weight is 463 g/mol. The fourth-order valence-electron chi connectivity index (χ4n) is 3.43. The van der Waals surface area contributed by atoms with Crippen molar-refractivity contribution in [1.82, 2.24) is 9.80 Å². The van der Waals surface area contributed by atoms with Crippen molar-refractivity contribution in [3.05, 3.63) is 87.5 Å². The maximum atomic E-state index is 13.1. The molecule has 1 aliphatic heterocycles. The van der Waals surface area contributed by atoms with Crippen LogP contribution >= 0.6 is 23.2 Å². The summed E-state index contributed by atoms with van der Waals surface area (Å²) in [6, 6.07) is 15.0. The molecule has 8 heteroatoms. The summed E-state index contributed by atoms with van der Waals surface area (Å²) in [6.07, 6.45) is 0. The fraction of sp³-hybridized carbons (Fsp3) is 0.261. The van der Waals surface area contributed by atoms with E-state index in [9.17, 15) is 9.18 Å². The number of ether oxygens (including phenoxy) is 1. The summed E-state index contributed by atoms with van der Waals surface area (Å²) in [7, 11) is 0. The van der Waals surface area contributed by atoms with Gasteiger partial charge in [0.25, 0.3) is 5.91 Å². The van der Waals surface area contributed by atoms with Gasteiger partial charge in [0, 0.05) is 32.7 Å². The molecule has 0 spiro atoms. The van der Waals surface area contributed by atoms with E-state index in [0.29, 0.717) is 34.6 Å². The minimum absolute atomic E-state index is 0.138. The maximum absolute atomic E-state index is 13.1. The number of hydrogen-bond donors (Lipinski definition) is 0. The normalized spacial score (nSPS) is 14.6. The number of amides is 1. The zero-order valence-electron chi connectivity index (χ0n) is 16.7. The Morgan fingerprint density at radius 3 is 2.48 bits per heavy atom. The standard InChI is InChI=1S/C23H21Cl2FN2O3/c24-19-2-1-3-20(22(19)25)30-15-18-8-9-21(31-18)23(29)28-12-10-27(11-13-28)14-16-4-6-17(26)7-5-16/h1-9H,10-15H2. The SMILES string of the molecule is O=C(c1ccc(COc2cccc(Cl)c2Cl)o1)N1CCN(Cc2ccc(F)cc2)CC1. The molecule has 0 atom stereocenters. The Hall–Kier alpha value is -2.54. The Balaban J connectivity index is 1.29. The molecule has 3 aromatic rings. The summed E-state index contributed by atoms with van der Waals surface area (Å²) < 4.78 is 24.4. The second kappa shape index (κ2) is 9.73. The van der Waals surface area contributed by atoms with Gasteiger partial charge in [-0.2, -0.15) is 0 Å². The Labute approximate surface area is 189 Å². The summed E-state index contributed by atoms with van der Waals surface area (Å²) >= 11 is 12.1. The molecule has 0 bridgehead atoms. The number of carbonyl (C=O) groups excluding carboxylic acids is 1. The molecule has 0 aliphatic carbocycles. The molecule has 0 saturated carbocycles. The van der Waals surface area contributed by atoms with Crippen LogP contribution in [0.2, 0.25) is 10.0 Å². The molecular weight excluding hydrogens is 442 g/mol. The van der Waals surface area contributed by atoms with E-state index >= 15 is 0 Å². The van der Waals surface area contributed by atoms with Crippen LogP contribution in [0.1, 0.15) is 21.9 Å². The van der Waals surface area contributed by atoms with E-state index in [1.54, 1.807) is 47.4 Å². The maximum Gasteiger partial charge on any atom is 0.289 e. The molecule has 4 rings (SSSR count). The number of rotatable bonds is 6. The Morgan fingerprint density at radius 1 is 1.00 bits per heavy atom. The number of piperazine rings is 1. The first-order chi connectivity index (χ1) is 15.0. The highest BCUT2D eigenvalue weighted by Gasteiger charge is 2.24. The predicted molar refractivity (Wildman–Crippen MR) is 117 cm³/mol. The van der Waals surface area contributed by atoms with Gasteiger partial charge in [-0.25, -0.2) is 4.39 Å². The minimum Gasteiger partial charge on any atom is -0.484 e. The van der Waals surface area contributed by atoms with Crippen molar-refractivity contribution in [2.45, 2.75) is 13.2 Å². The highest BCUT2D eigenvalue weighted by atomic mass is 35.5. The fourth-order valence-corrected chi connectivity index (χ4v) is 3.77. The van der Waals surface area contributed by atoms with Crippen LogP contribution in [0.15, 0.2) is 59.0 Å². The van der Waals surface area contributed by atoms with E-state index in [-0.39, 0.29) is 24.1 Å². The number of carbonyl (C=O) groups is 1. The molecule has 0 unspecified atom stereocenters. The lowest BCUT2D eigenvalue weighted by Gasteiger charge is -2.34. The van der Waals surface area contributed by atoms with Crippen LogP contribution in [0.4, 0.5) is 4.39 Å². The topological polar surface area (TPSA) is 45.9 Å². The number of nitrogens with zero attached hydrogens (tertiary/aromatic N) is 2. The molecule has 1 fully saturated rings. The first-order valence-electron chi connectivity index (χ1n) is 9.91. The predicted octanol–water partition coefficient (Wildman–Crippen LogP) is 5.26. The number of benzene rings is 2. The van der Waals surface area contributed by atoms with Crippen LogP contribution in [-0.2, 0) is 13.2 Å². The van der Waals surface area contributed by atoms with Crippen LogP contribution < -0.4 is 4.74 Å². The molecule has 1 amide bonds. The van der Waals surface area contributed by atoms with Crippen LogP contribution in [0.3, 0.4) is 0 Å². The molecule has 5 nitrogen and oxygen atoms in total. The number of furan rings is 1. The van der Waals surface area contributed by atoms with Crippen LogP contribution in [-0.4, -0.2) is 41.9 Å². The minimum atomic E-state index is -0.238. The first-order valence-corrected chi connectivity index (χ1v) is 10.7. The van der Waals surface area contributed by atoms with Gasteiger partial charge in [-0.05, 0) is 42.0 Å². The van der Waals surface area contributed by atoms with E-state index in [2.05, 4.69) is 4.90 Å². The Bertz CT molecular complexity index is 1050. The zero-order chi connectivity index (χ0) is 21.8. The monoisotopic (exact) mass is 462 g/mol. The van der Waals surface area contributed by atoms with Crippen molar-refractivity contribution in [2.75, 3.05) is 26.2 Å². The van der Waals surface area contributed by atoms with Crippen molar-refractivity contribution in [1.29, 1.82) is 0 Å². The third-order valence-corrected chi connectivity index (χ3v) is 5.94. The van der Waals surface area contributed by atoms with Gasteiger partial charge in [-0.15, -0.1) is 0 Å². The lowest BCUT2D eigenvalue weighted by atomic mass is 10.2. The molecule has 2 heterocycles. The summed E-state index contributed by atoms with van der Waals surface area (Å²) in [5.41, 5.74) is 1.05. The van der Waals surface area contributed by atoms with Gasteiger partial charge in [0.05, 0.1) is 5.02 Å². The Kier molecular flexibility index (Phi) is 6.80. The summed E-state index contributed by atoms with van der Waals surface area (Å²) in [4.78, 5) is 16.8. The molecule has 1 aromatic heterocycles. The summed E-state index contributed by atoms with van der Waals surface area (Å²) in [5, 5.41) is 0.749. The highest BCUT2D eigenvalue weighted by Crippen LogP contribution is 2.32. The molecule has 0 radical (unpaired) electrons. The molecule has 1 aliphatic rings. The van der Waals surface area contributed by atoms with E-state index in [1.165, 1.54) is 12.1 Å². The molecule has 1 saturated heterocycles. The van der Waals surface area contributed by atoms with E-state index in [1.807, 2.05) is 0 Å². The third kappa shape index (κ3) is 5.39. The smallest absolute Gasteiger partial charge is 0.289 e. The molecule has 162 valence electrons. The molecular formula is C23H21Cl2FN2O3. The quantitative estimate of drug-likeness (QED) is 0.500. The number of halogens is 3. The van der Waals surface area contributed by atoms with Crippen molar-refractivity contribution in [3.8, 4) is 5.75 Å². The first kappa shape index (κ1) is 21.7. The van der Waals surface area contributed by atoms with E-state index in [0.717, 1.165) is 25.2 Å². The van der Waals surface area contributed by atoms with Gasteiger partial charge in [0.1, 0.15) is 29.0 Å². The van der Waals surface area contributed by atoms with Crippen LogP contribution in [0.5, 0.6) is 5.75 Å². The summed E-state index contributed by atoms with van der Waals surface area (Å²) in [5.74, 6) is 0.874. The lowest BCUT2D eigenvalue weighted by molar-refractivity contribution is 0.0594. The van der Waals surface area contributed by atoms with Crippen molar-refractivity contribution in [3.63, 3.8) is 0 Å². The van der Waals surface area contributed by atoms with E-state index < -0.39 is 0 Å². The largest absolute Gasteiger partial charge is 0.484 e. The van der Waals surface area contributed by atoms with Gasteiger partial charge >= 0.3 is 0 Å². The van der Waals surface area contributed by atoms with Gasteiger partial charge in [0.2, 0.25) is 0 Å². The second-order valence-electron chi connectivity index (χ2n) is 7.30. The third-order valence-electron chi connectivity index (χ3n) is 5.14. The van der Waals surface area contributed by atoms with Crippen molar-refractivity contribution >= 4 is 29.1 Å². The highest BCUT2D eigenvalue weighted by molar-refractivity contribution is 6.42. The molecule has 2 aromatic carbocycles.